The Bertz CT molecular complexity index is 846. The molecule has 2 aromatic rings. The fourth-order valence-electron chi connectivity index (χ4n) is 2.76. The van der Waals surface area contributed by atoms with Crippen molar-refractivity contribution in [3.8, 4) is 0 Å². The van der Waals surface area contributed by atoms with Crippen molar-refractivity contribution in [3.05, 3.63) is 56.7 Å². The lowest BCUT2D eigenvalue weighted by Crippen LogP contribution is -2.41. The van der Waals surface area contributed by atoms with E-state index in [1.54, 1.807) is 37.3 Å². The van der Waals surface area contributed by atoms with Gasteiger partial charge in [0.2, 0.25) is 0 Å². The maximum absolute atomic E-state index is 12.8. The zero-order chi connectivity index (χ0) is 18.2. The maximum atomic E-state index is 12.8. The van der Waals surface area contributed by atoms with Crippen molar-refractivity contribution in [2.45, 2.75) is 25.8 Å². The van der Waals surface area contributed by atoms with E-state index in [1.165, 1.54) is 11.3 Å². The highest BCUT2D eigenvalue weighted by molar-refractivity contribution is 7.14. The number of rotatable bonds is 5. The van der Waals surface area contributed by atoms with E-state index in [2.05, 4.69) is 5.32 Å². The third-order valence-electron chi connectivity index (χ3n) is 4.28. The van der Waals surface area contributed by atoms with Crippen LogP contribution in [0.4, 0.5) is 4.79 Å². The van der Waals surface area contributed by atoms with Crippen molar-refractivity contribution in [1.82, 2.24) is 10.2 Å². The molecule has 1 N–H and O–H groups in total. The number of urea groups is 1. The van der Waals surface area contributed by atoms with Gasteiger partial charge in [-0.25, -0.2) is 4.79 Å². The molecular weight excluding hydrogens is 360 g/mol. The van der Waals surface area contributed by atoms with Crippen molar-refractivity contribution in [3.63, 3.8) is 0 Å². The number of amides is 3. The second kappa shape index (κ2) is 6.61. The number of nitrogens with zero attached hydrogens (tertiary/aromatic N) is 1. The Hall–Kier alpha value is -2.18. The summed E-state index contributed by atoms with van der Waals surface area (Å²) in [4.78, 5) is 40.1. The number of carbonyl (C=O) groups excluding carboxylic acids is 3. The van der Waals surface area contributed by atoms with Gasteiger partial charge in [-0.1, -0.05) is 30.7 Å². The highest BCUT2D eigenvalue weighted by Crippen LogP contribution is 2.30. The van der Waals surface area contributed by atoms with Crippen LogP contribution in [0.15, 0.2) is 36.4 Å². The fourth-order valence-corrected chi connectivity index (χ4v) is 3.76. The molecule has 3 amide bonds. The third kappa shape index (κ3) is 3.19. The van der Waals surface area contributed by atoms with E-state index in [-0.39, 0.29) is 12.3 Å². The fraction of sp³-hybridized carbons (Fsp3) is 0.278. The molecule has 1 aromatic heterocycles. The summed E-state index contributed by atoms with van der Waals surface area (Å²) in [5.74, 6) is -0.686. The van der Waals surface area contributed by atoms with Gasteiger partial charge in [0.15, 0.2) is 5.78 Å². The maximum Gasteiger partial charge on any atom is 0.325 e. The number of carbonyl (C=O) groups is 3. The molecule has 1 aromatic carbocycles. The van der Waals surface area contributed by atoms with Gasteiger partial charge in [-0.2, -0.15) is 0 Å². The molecule has 7 heteroatoms. The molecule has 1 aliphatic heterocycles. The van der Waals surface area contributed by atoms with Gasteiger partial charge >= 0.3 is 6.03 Å². The summed E-state index contributed by atoms with van der Waals surface area (Å²) >= 11 is 7.27. The van der Waals surface area contributed by atoms with Crippen LogP contribution in [0.2, 0.25) is 5.02 Å². The number of halogens is 1. The summed E-state index contributed by atoms with van der Waals surface area (Å²) in [6.07, 6.45) is 0.843. The number of thiophene rings is 1. The molecular formula is C18H17ClN2O3S. The topological polar surface area (TPSA) is 66.5 Å². The smallest absolute Gasteiger partial charge is 0.319 e. The van der Waals surface area contributed by atoms with E-state index in [0.29, 0.717) is 15.5 Å². The lowest BCUT2D eigenvalue weighted by molar-refractivity contribution is -0.130. The lowest BCUT2D eigenvalue weighted by atomic mass is 9.92. The Kier molecular flexibility index (Phi) is 4.67. The Balaban J connectivity index is 1.81. The van der Waals surface area contributed by atoms with Gasteiger partial charge in [-0.3, -0.25) is 14.5 Å². The van der Waals surface area contributed by atoms with E-state index in [9.17, 15) is 14.4 Å². The zero-order valence-corrected chi connectivity index (χ0v) is 15.4. The van der Waals surface area contributed by atoms with E-state index in [1.807, 2.05) is 13.0 Å². The first-order valence-electron chi connectivity index (χ1n) is 7.87. The molecule has 1 atom stereocenters. The summed E-state index contributed by atoms with van der Waals surface area (Å²) in [5, 5.41) is 3.23. The molecule has 0 spiro atoms. The van der Waals surface area contributed by atoms with Gasteiger partial charge in [0.25, 0.3) is 5.91 Å². The third-order valence-corrected chi connectivity index (χ3v) is 5.81. The molecule has 1 saturated heterocycles. The van der Waals surface area contributed by atoms with Crippen molar-refractivity contribution in [1.29, 1.82) is 0 Å². The van der Waals surface area contributed by atoms with E-state index < -0.39 is 17.5 Å². The van der Waals surface area contributed by atoms with E-state index in [4.69, 9.17) is 11.6 Å². The molecule has 1 fully saturated rings. The van der Waals surface area contributed by atoms with Crippen LogP contribution in [0.25, 0.3) is 0 Å². The summed E-state index contributed by atoms with van der Waals surface area (Å²) in [5.41, 5.74) is -0.582. The molecule has 0 bridgehead atoms. The monoisotopic (exact) mass is 376 g/mol. The Labute approximate surface area is 154 Å². The number of Topliss-reactive ketones (excluding diaryl/α,β-unsaturated/α-hetero) is 1. The molecule has 5 nitrogen and oxygen atoms in total. The van der Waals surface area contributed by atoms with Crippen molar-refractivity contribution < 1.29 is 14.4 Å². The molecule has 25 heavy (non-hydrogen) atoms. The molecule has 0 unspecified atom stereocenters. The normalized spacial score (nSPS) is 20.0. The lowest BCUT2D eigenvalue weighted by Gasteiger charge is -2.22. The number of imide groups is 1. The minimum atomic E-state index is -1.20. The number of aryl methyl sites for hydroxylation is 1. The number of hydrogen-bond acceptors (Lipinski definition) is 4. The van der Waals surface area contributed by atoms with Crippen LogP contribution < -0.4 is 5.32 Å². The standard InChI is InChI=1S/C18H17ClN2O3S/c1-3-13-8-9-15(25-13)14(22)10-21-16(23)18(2,20-17(21)24)11-4-6-12(19)7-5-11/h4-9H,3,10H2,1-2H3,(H,20,24)/t18-/m0/s1. The first-order valence-corrected chi connectivity index (χ1v) is 9.06. The second-order valence-electron chi connectivity index (χ2n) is 6.00. The minimum absolute atomic E-state index is 0.242. The van der Waals surface area contributed by atoms with Gasteiger partial charge < -0.3 is 5.32 Å². The molecule has 0 aliphatic carbocycles. The first-order chi connectivity index (χ1) is 11.8. The molecule has 2 heterocycles. The first kappa shape index (κ1) is 17.6. The summed E-state index contributed by atoms with van der Waals surface area (Å²) in [6.45, 7) is 3.37. The average Bonchev–Trinajstić information content (AvgIpc) is 3.15. The largest absolute Gasteiger partial charge is 0.325 e. The van der Waals surface area contributed by atoms with Crippen LogP contribution >= 0.6 is 22.9 Å². The van der Waals surface area contributed by atoms with Crippen molar-refractivity contribution >= 4 is 40.7 Å². The number of hydrogen-bond donors (Lipinski definition) is 1. The molecule has 0 saturated carbocycles. The highest BCUT2D eigenvalue weighted by Gasteiger charge is 2.49. The molecule has 0 radical (unpaired) electrons. The van der Waals surface area contributed by atoms with Crippen LogP contribution in [-0.4, -0.2) is 29.2 Å². The summed E-state index contributed by atoms with van der Waals surface area (Å²) in [7, 11) is 0. The van der Waals surface area contributed by atoms with Gasteiger partial charge in [-0.05, 0) is 43.2 Å². The van der Waals surface area contributed by atoms with Crippen molar-refractivity contribution in [2.75, 3.05) is 6.54 Å². The Morgan fingerprint density at radius 3 is 2.48 bits per heavy atom. The Morgan fingerprint density at radius 2 is 1.88 bits per heavy atom. The predicted octanol–water partition coefficient (Wildman–Crippen LogP) is 3.61. The quantitative estimate of drug-likeness (QED) is 0.640. The highest BCUT2D eigenvalue weighted by atomic mass is 35.5. The molecule has 130 valence electrons. The number of nitrogens with one attached hydrogen (secondary N) is 1. The van der Waals surface area contributed by atoms with Crippen molar-refractivity contribution in [2.24, 2.45) is 0 Å². The van der Waals surface area contributed by atoms with Gasteiger partial charge in [0.1, 0.15) is 5.54 Å². The van der Waals surface area contributed by atoms with Crippen LogP contribution in [0.3, 0.4) is 0 Å². The van der Waals surface area contributed by atoms with Crippen LogP contribution in [0.1, 0.15) is 34.0 Å². The van der Waals surface area contributed by atoms with Gasteiger partial charge in [0, 0.05) is 9.90 Å². The molecule has 1 aliphatic rings. The van der Waals surface area contributed by atoms with E-state index >= 15 is 0 Å². The SMILES string of the molecule is CCc1ccc(C(=O)CN2C(=O)N[C@@](C)(c3ccc(Cl)cc3)C2=O)s1. The second-order valence-corrected chi connectivity index (χ2v) is 7.60. The van der Waals surface area contributed by atoms with Gasteiger partial charge in [0.05, 0.1) is 11.4 Å². The predicted molar refractivity (Wildman–Crippen MR) is 97.1 cm³/mol. The van der Waals surface area contributed by atoms with Gasteiger partial charge in [-0.15, -0.1) is 11.3 Å². The zero-order valence-electron chi connectivity index (χ0n) is 13.8. The average molecular weight is 377 g/mol. The minimum Gasteiger partial charge on any atom is -0.319 e. The van der Waals surface area contributed by atoms with Crippen LogP contribution in [0, 0.1) is 0 Å². The number of benzene rings is 1. The Morgan fingerprint density at radius 1 is 1.20 bits per heavy atom. The molecule has 3 rings (SSSR count). The van der Waals surface area contributed by atoms with Crippen LogP contribution in [0.5, 0.6) is 0 Å². The van der Waals surface area contributed by atoms with E-state index in [0.717, 1.165) is 16.2 Å². The number of ketones is 1. The van der Waals surface area contributed by atoms with Crippen LogP contribution in [-0.2, 0) is 16.8 Å². The summed E-state index contributed by atoms with van der Waals surface area (Å²) < 4.78 is 0. The summed E-state index contributed by atoms with van der Waals surface area (Å²) in [6, 6.07) is 9.77.